The first-order valence-electron chi connectivity index (χ1n) is 5.37. The first-order valence-corrected chi connectivity index (χ1v) is 5.37. The van der Waals surface area contributed by atoms with Gasteiger partial charge in [-0.05, 0) is 25.8 Å². The van der Waals surface area contributed by atoms with Crippen LogP contribution in [0.1, 0.15) is 32.1 Å². The zero-order valence-corrected chi connectivity index (χ0v) is 8.09. The number of nitrogens with zero attached hydrogens (tertiary/aromatic N) is 1. The van der Waals surface area contributed by atoms with E-state index in [0.717, 1.165) is 32.5 Å². The number of amides is 1. The van der Waals surface area contributed by atoms with Gasteiger partial charge in [-0.2, -0.15) is 0 Å². The fourth-order valence-electron chi connectivity index (χ4n) is 2.24. The molecule has 0 saturated carbocycles. The normalized spacial score (nSPS) is 29.7. The van der Waals surface area contributed by atoms with E-state index in [0.29, 0.717) is 11.9 Å². The highest BCUT2D eigenvalue weighted by Gasteiger charge is 2.23. The van der Waals surface area contributed by atoms with Gasteiger partial charge in [-0.1, -0.05) is 6.42 Å². The van der Waals surface area contributed by atoms with E-state index in [9.17, 15) is 4.79 Å². The minimum absolute atomic E-state index is 0.354. The molecule has 0 aromatic heterocycles. The molecule has 2 heterocycles. The van der Waals surface area contributed by atoms with Crippen molar-refractivity contribution in [2.45, 2.75) is 38.1 Å². The fourth-order valence-corrected chi connectivity index (χ4v) is 2.24. The largest absolute Gasteiger partial charge is 0.341 e. The van der Waals surface area contributed by atoms with Crippen LogP contribution in [-0.4, -0.2) is 36.5 Å². The maximum absolute atomic E-state index is 11.3. The number of rotatable bonds is 2. The van der Waals surface area contributed by atoms with Crippen LogP contribution < -0.4 is 5.32 Å². The Bertz CT molecular complexity index is 187. The van der Waals surface area contributed by atoms with Crippen molar-refractivity contribution in [1.82, 2.24) is 10.2 Å². The van der Waals surface area contributed by atoms with Crippen molar-refractivity contribution in [3.63, 3.8) is 0 Å². The summed E-state index contributed by atoms with van der Waals surface area (Å²) in [6, 6.07) is 0.566. The van der Waals surface area contributed by atoms with Crippen LogP contribution in [0.15, 0.2) is 0 Å². The highest BCUT2D eigenvalue weighted by atomic mass is 16.2. The van der Waals surface area contributed by atoms with E-state index in [1.165, 1.54) is 19.3 Å². The van der Waals surface area contributed by atoms with Crippen molar-refractivity contribution in [3.8, 4) is 0 Å². The maximum Gasteiger partial charge on any atom is 0.222 e. The van der Waals surface area contributed by atoms with Gasteiger partial charge in [-0.15, -0.1) is 0 Å². The number of piperidine rings is 1. The smallest absolute Gasteiger partial charge is 0.222 e. The molecule has 2 fully saturated rings. The summed E-state index contributed by atoms with van der Waals surface area (Å²) in [5.41, 5.74) is 0. The van der Waals surface area contributed by atoms with Gasteiger partial charge in [0.1, 0.15) is 0 Å². The fraction of sp³-hybridized carbons (Fsp3) is 0.900. The molecule has 0 spiro atoms. The van der Waals surface area contributed by atoms with E-state index in [4.69, 9.17) is 0 Å². The zero-order valence-electron chi connectivity index (χ0n) is 8.09. The molecule has 2 aliphatic rings. The Morgan fingerprint density at radius 3 is 2.92 bits per heavy atom. The van der Waals surface area contributed by atoms with Crippen molar-refractivity contribution in [2.24, 2.45) is 0 Å². The van der Waals surface area contributed by atoms with Crippen molar-refractivity contribution in [3.05, 3.63) is 0 Å². The van der Waals surface area contributed by atoms with Crippen LogP contribution in [0.3, 0.4) is 0 Å². The molecule has 3 heteroatoms. The SMILES string of the molecule is O=C1CCCN1CC1CCCCN1. The zero-order chi connectivity index (χ0) is 9.10. The summed E-state index contributed by atoms with van der Waals surface area (Å²) in [5.74, 6) is 0.354. The minimum Gasteiger partial charge on any atom is -0.341 e. The molecular formula is C10H18N2O. The Balaban J connectivity index is 1.79. The third kappa shape index (κ3) is 2.21. The van der Waals surface area contributed by atoms with Gasteiger partial charge < -0.3 is 10.2 Å². The van der Waals surface area contributed by atoms with Crippen molar-refractivity contribution in [2.75, 3.05) is 19.6 Å². The number of hydrogen-bond donors (Lipinski definition) is 1. The van der Waals surface area contributed by atoms with Crippen LogP contribution >= 0.6 is 0 Å². The Labute approximate surface area is 79.5 Å². The Hall–Kier alpha value is -0.570. The number of carbonyl (C=O) groups excluding carboxylic acids is 1. The van der Waals surface area contributed by atoms with Crippen LogP contribution in [0.2, 0.25) is 0 Å². The molecule has 0 aromatic rings. The Morgan fingerprint density at radius 2 is 2.31 bits per heavy atom. The topological polar surface area (TPSA) is 32.3 Å². The van der Waals surface area contributed by atoms with Crippen molar-refractivity contribution in [1.29, 1.82) is 0 Å². The molecule has 2 rings (SSSR count). The molecule has 0 radical (unpaired) electrons. The van der Waals surface area contributed by atoms with E-state index >= 15 is 0 Å². The summed E-state index contributed by atoms with van der Waals surface area (Å²) in [7, 11) is 0. The highest BCUT2D eigenvalue weighted by molar-refractivity contribution is 5.78. The number of hydrogen-bond acceptors (Lipinski definition) is 2. The number of likely N-dealkylation sites (tertiary alicyclic amines) is 1. The van der Waals surface area contributed by atoms with Crippen molar-refractivity contribution >= 4 is 5.91 Å². The maximum atomic E-state index is 11.3. The lowest BCUT2D eigenvalue weighted by Gasteiger charge is -2.27. The van der Waals surface area contributed by atoms with Gasteiger partial charge in [0.25, 0.3) is 0 Å². The molecule has 0 aromatic carbocycles. The predicted octanol–water partition coefficient (Wildman–Crippen LogP) is 0.751. The van der Waals surface area contributed by atoms with Crippen LogP contribution in [-0.2, 0) is 4.79 Å². The van der Waals surface area contributed by atoms with Crippen LogP contribution in [0.4, 0.5) is 0 Å². The summed E-state index contributed by atoms with van der Waals surface area (Å²) in [6.07, 6.45) is 5.69. The van der Waals surface area contributed by atoms with Gasteiger partial charge in [0.15, 0.2) is 0 Å². The lowest BCUT2D eigenvalue weighted by atomic mass is 10.0. The quantitative estimate of drug-likeness (QED) is 0.683. The second-order valence-corrected chi connectivity index (χ2v) is 4.09. The summed E-state index contributed by atoms with van der Waals surface area (Å²) < 4.78 is 0. The first-order chi connectivity index (χ1) is 6.36. The highest BCUT2D eigenvalue weighted by Crippen LogP contribution is 2.13. The third-order valence-electron chi connectivity index (χ3n) is 3.02. The summed E-state index contributed by atoms with van der Waals surface area (Å²) in [4.78, 5) is 13.4. The van der Waals surface area contributed by atoms with Crippen LogP contribution in [0, 0.1) is 0 Å². The van der Waals surface area contributed by atoms with Gasteiger partial charge in [-0.25, -0.2) is 0 Å². The Morgan fingerprint density at radius 1 is 1.38 bits per heavy atom. The second kappa shape index (κ2) is 4.09. The molecule has 1 N–H and O–H groups in total. The third-order valence-corrected chi connectivity index (χ3v) is 3.02. The molecule has 2 saturated heterocycles. The number of nitrogens with one attached hydrogen (secondary N) is 1. The van der Waals surface area contributed by atoms with E-state index in [1.807, 2.05) is 4.90 Å². The van der Waals surface area contributed by atoms with Crippen LogP contribution in [0.25, 0.3) is 0 Å². The summed E-state index contributed by atoms with van der Waals surface area (Å²) in [5, 5.41) is 3.47. The van der Waals surface area contributed by atoms with E-state index < -0.39 is 0 Å². The lowest BCUT2D eigenvalue weighted by molar-refractivity contribution is -0.128. The molecule has 0 bridgehead atoms. The first kappa shape index (κ1) is 9.00. The molecular weight excluding hydrogens is 164 g/mol. The van der Waals surface area contributed by atoms with E-state index in [2.05, 4.69) is 5.32 Å². The molecule has 1 unspecified atom stereocenters. The van der Waals surface area contributed by atoms with Crippen LogP contribution in [0.5, 0.6) is 0 Å². The predicted molar refractivity (Wildman–Crippen MR) is 51.5 cm³/mol. The monoisotopic (exact) mass is 182 g/mol. The van der Waals surface area contributed by atoms with E-state index in [1.54, 1.807) is 0 Å². The lowest BCUT2D eigenvalue weighted by Crippen LogP contribution is -2.44. The Kier molecular flexibility index (Phi) is 2.83. The standard InChI is InChI=1S/C10H18N2O/c13-10-5-3-7-12(10)8-9-4-1-2-6-11-9/h9,11H,1-8H2. The molecule has 1 amide bonds. The van der Waals surface area contributed by atoms with Crippen molar-refractivity contribution < 1.29 is 4.79 Å². The molecule has 2 aliphatic heterocycles. The molecule has 3 nitrogen and oxygen atoms in total. The molecule has 0 aliphatic carbocycles. The second-order valence-electron chi connectivity index (χ2n) is 4.09. The average molecular weight is 182 g/mol. The minimum atomic E-state index is 0.354. The van der Waals surface area contributed by atoms with Gasteiger partial charge in [-0.3, -0.25) is 4.79 Å². The van der Waals surface area contributed by atoms with E-state index in [-0.39, 0.29) is 0 Å². The summed E-state index contributed by atoms with van der Waals surface area (Å²) >= 11 is 0. The van der Waals surface area contributed by atoms with Gasteiger partial charge in [0.05, 0.1) is 0 Å². The van der Waals surface area contributed by atoms with Gasteiger partial charge in [0, 0.05) is 25.6 Å². The summed E-state index contributed by atoms with van der Waals surface area (Å²) in [6.45, 7) is 3.06. The van der Waals surface area contributed by atoms with Gasteiger partial charge >= 0.3 is 0 Å². The molecule has 1 atom stereocenters. The average Bonchev–Trinajstić information content (AvgIpc) is 2.54. The molecule has 74 valence electrons. The number of carbonyl (C=O) groups is 1. The molecule has 13 heavy (non-hydrogen) atoms. The van der Waals surface area contributed by atoms with Gasteiger partial charge in [0.2, 0.25) is 5.91 Å².